The maximum atomic E-state index is 14.7. The van der Waals surface area contributed by atoms with Crippen LogP contribution in [0.4, 0.5) is 20.6 Å². The highest BCUT2D eigenvalue weighted by molar-refractivity contribution is 5.95. The van der Waals surface area contributed by atoms with Crippen LogP contribution in [0.2, 0.25) is 0 Å². The lowest BCUT2D eigenvalue weighted by Crippen LogP contribution is -2.43. The average Bonchev–Trinajstić information content (AvgIpc) is 3.07. The number of anilines is 2. The van der Waals surface area contributed by atoms with Gasteiger partial charge < -0.3 is 14.5 Å². The predicted octanol–water partition coefficient (Wildman–Crippen LogP) is 2.14. The SMILES string of the molecule is CC(=O)N(C)C1CN(c2ccc(N3CCC(=O)C3(C)C)c(F)c2)C(=O)O1. The topological polar surface area (TPSA) is 70.2 Å². The molecule has 0 bridgehead atoms. The number of carbonyl (C=O) groups is 3. The zero-order chi connectivity index (χ0) is 19.2. The van der Waals surface area contributed by atoms with E-state index >= 15 is 0 Å². The molecule has 2 amide bonds. The summed E-state index contributed by atoms with van der Waals surface area (Å²) >= 11 is 0. The van der Waals surface area contributed by atoms with Gasteiger partial charge >= 0.3 is 6.09 Å². The van der Waals surface area contributed by atoms with Crippen LogP contribution in [0.5, 0.6) is 0 Å². The summed E-state index contributed by atoms with van der Waals surface area (Å²) in [4.78, 5) is 39.9. The first-order chi connectivity index (χ1) is 12.1. The molecule has 1 unspecified atom stereocenters. The first kappa shape index (κ1) is 18.2. The Labute approximate surface area is 151 Å². The van der Waals surface area contributed by atoms with Crippen LogP contribution >= 0.6 is 0 Å². The summed E-state index contributed by atoms with van der Waals surface area (Å²) in [6.07, 6.45) is -0.962. The van der Waals surface area contributed by atoms with Crippen LogP contribution in [-0.4, -0.2) is 54.6 Å². The second-order valence-electron chi connectivity index (χ2n) is 7.10. The summed E-state index contributed by atoms with van der Waals surface area (Å²) in [5, 5.41) is 0. The van der Waals surface area contributed by atoms with Gasteiger partial charge in [-0.05, 0) is 32.0 Å². The Kier molecular flexibility index (Phi) is 4.37. The van der Waals surface area contributed by atoms with Crippen LogP contribution in [0.3, 0.4) is 0 Å². The smallest absolute Gasteiger partial charge is 0.416 e. The third kappa shape index (κ3) is 2.89. The van der Waals surface area contributed by atoms with Crippen molar-refractivity contribution in [1.82, 2.24) is 4.90 Å². The van der Waals surface area contributed by atoms with E-state index in [0.29, 0.717) is 24.3 Å². The maximum absolute atomic E-state index is 14.7. The molecule has 2 aliphatic heterocycles. The van der Waals surface area contributed by atoms with Crippen molar-refractivity contribution in [2.24, 2.45) is 0 Å². The molecule has 2 fully saturated rings. The van der Waals surface area contributed by atoms with E-state index in [1.54, 1.807) is 37.9 Å². The van der Waals surface area contributed by atoms with E-state index in [1.807, 2.05) is 0 Å². The molecule has 8 heteroatoms. The van der Waals surface area contributed by atoms with Crippen molar-refractivity contribution < 1.29 is 23.5 Å². The molecule has 2 heterocycles. The largest absolute Gasteiger partial charge is 0.423 e. The van der Waals surface area contributed by atoms with Crippen molar-refractivity contribution in [3.63, 3.8) is 0 Å². The Balaban J connectivity index is 1.83. The highest BCUT2D eigenvalue weighted by atomic mass is 19.1. The monoisotopic (exact) mass is 363 g/mol. The lowest BCUT2D eigenvalue weighted by molar-refractivity contribution is -0.134. The highest BCUT2D eigenvalue weighted by Gasteiger charge is 2.41. The van der Waals surface area contributed by atoms with Crippen molar-refractivity contribution in [1.29, 1.82) is 0 Å². The molecule has 0 aromatic heterocycles. The molecule has 1 aromatic carbocycles. The van der Waals surface area contributed by atoms with Crippen LogP contribution < -0.4 is 9.80 Å². The number of Topliss-reactive ketones (excluding diaryl/α,β-unsaturated/α-hetero) is 1. The Morgan fingerprint density at radius 1 is 1.35 bits per heavy atom. The van der Waals surface area contributed by atoms with Crippen molar-refractivity contribution in [3.05, 3.63) is 24.0 Å². The first-order valence-corrected chi connectivity index (χ1v) is 8.45. The quantitative estimate of drug-likeness (QED) is 0.823. The van der Waals surface area contributed by atoms with Gasteiger partial charge in [-0.2, -0.15) is 0 Å². The number of halogens is 1. The summed E-state index contributed by atoms with van der Waals surface area (Å²) in [7, 11) is 1.54. The second kappa shape index (κ2) is 6.26. The second-order valence-corrected chi connectivity index (χ2v) is 7.10. The van der Waals surface area contributed by atoms with Crippen LogP contribution in [0.1, 0.15) is 27.2 Å². The molecule has 0 radical (unpaired) electrons. The number of nitrogens with zero attached hydrogens (tertiary/aromatic N) is 3. The molecular formula is C18H22FN3O4. The molecule has 1 atom stereocenters. The number of ketones is 1. The summed E-state index contributed by atoms with van der Waals surface area (Å²) in [5.74, 6) is -0.673. The van der Waals surface area contributed by atoms with E-state index in [-0.39, 0.29) is 18.2 Å². The molecule has 0 saturated carbocycles. The van der Waals surface area contributed by atoms with Crippen LogP contribution in [0.15, 0.2) is 18.2 Å². The number of amides is 2. The van der Waals surface area contributed by atoms with Gasteiger partial charge in [-0.25, -0.2) is 9.18 Å². The molecule has 0 N–H and O–H groups in total. The Morgan fingerprint density at radius 2 is 2.04 bits per heavy atom. The lowest BCUT2D eigenvalue weighted by Gasteiger charge is -2.32. The standard InChI is InChI=1S/C18H22FN3O4/c1-11(23)20(4)16-10-21(17(25)26-16)12-5-6-14(13(19)9-12)22-8-7-15(24)18(22,2)3/h5-6,9,16H,7-8,10H2,1-4H3. The molecule has 3 rings (SSSR count). The van der Waals surface area contributed by atoms with Gasteiger partial charge in [-0.15, -0.1) is 0 Å². The number of hydrogen-bond acceptors (Lipinski definition) is 5. The van der Waals surface area contributed by atoms with E-state index in [9.17, 15) is 18.8 Å². The minimum absolute atomic E-state index is 0.0687. The number of hydrogen-bond donors (Lipinski definition) is 0. The zero-order valence-corrected chi connectivity index (χ0v) is 15.3. The number of carbonyl (C=O) groups excluding carboxylic acids is 3. The minimum atomic E-state index is -0.760. The molecule has 0 spiro atoms. The minimum Gasteiger partial charge on any atom is -0.423 e. The third-order valence-electron chi connectivity index (χ3n) is 5.18. The van der Waals surface area contributed by atoms with Gasteiger partial charge in [0, 0.05) is 26.9 Å². The number of rotatable bonds is 3. The molecule has 2 saturated heterocycles. The molecule has 26 heavy (non-hydrogen) atoms. The van der Waals surface area contributed by atoms with E-state index in [4.69, 9.17) is 4.74 Å². The maximum Gasteiger partial charge on any atom is 0.416 e. The summed E-state index contributed by atoms with van der Waals surface area (Å²) < 4.78 is 19.9. The van der Waals surface area contributed by atoms with Gasteiger partial charge in [0.15, 0.2) is 12.0 Å². The first-order valence-electron chi connectivity index (χ1n) is 8.45. The molecule has 140 valence electrons. The predicted molar refractivity (Wildman–Crippen MR) is 93.5 cm³/mol. The fraction of sp³-hybridized carbons (Fsp3) is 0.500. The number of cyclic esters (lactones) is 1. The van der Waals surface area contributed by atoms with E-state index in [0.717, 1.165) is 0 Å². The van der Waals surface area contributed by atoms with Gasteiger partial charge in [0.05, 0.1) is 23.5 Å². The van der Waals surface area contributed by atoms with Gasteiger partial charge in [0.2, 0.25) is 5.91 Å². The fourth-order valence-electron chi connectivity index (χ4n) is 3.32. The molecule has 2 aliphatic rings. The van der Waals surface area contributed by atoms with Crippen LogP contribution in [-0.2, 0) is 14.3 Å². The molecule has 0 aliphatic carbocycles. The normalized spacial score (nSPS) is 22.0. The van der Waals surface area contributed by atoms with Gasteiger partial charge in [0.25, 0.3) is 0 Å². The summed E-state index contributed by atoms with van der Waals surface area (Å²) in [6, 6.07) is 4.45. The number of benzene rings is 1. The van der Waals surface area contributed by atoms with Crippen LogP contribution in [0.25, 0.3) is 0 Å². The Morgan fingerprint density at radius 3 is 2.58 bits per heavy atom. The van der Waals surface area contributed by atoms with E-state index < -0.39 is 23.7 Å². The van der Waals surface area contributed by atoms with Crippen LogP contribution in [0, 0.1) is 5.82 Å². The Hall–Kier alpha value is -2.64. The lowest BCUT2D eigenvalue weighted by atomic mass is 10.00. The fourth-order valence-corrected chi connectivity index (χ4v) is 3.32. The summed E-state index contributed by atoms with van der Waals surface area (Å²) in [5.41, 5.74) is -0.0851. The van der Waals surface area contributed by atoms with Crippen molar-refractivity contribution >= 4 is 29.2 Å². The van der Waals surface area contributed by atoms with Gasteiger partial charge in [0.1, 0.15) is 5.82 Å². The molecule has 7 nitrogen and oxygen atoms in total. The van der Waals surface area contributed by atoms with Crippen molar-refractivity contribution in [2.45, 2.75) is 39.0 Å². The average molecular weight is 363 g/mol. The van der Waals surface area contributed by atoms with Crippen molar-refractivity contribution in [3.8, 4) is 0 Å². The number of ether oxygens (including phenoxy) is 1. The van der Waals surface area contributed by atoms with E-state index in [2.05, 4.69) is 0 Å². The van der Waals surface area contributed by atoms with Crippen molar-refractivity contribution in [2.75, 3.05) is 29.9 Å². The van der Waals surface area contributed by atoms with E-state index in [1.165, 1.54) is 22.8 Å². The molecular weight excluding hydrogens is 341 g/mol. The summed E-state index contributed by atoms with van der Waals surface area (Å²) in [6.45, 7) is 5.51. The van der Waals surface area contributed by atoms with Gasteiger partial charge in [-0.3, -0.25) is 14.5 Å². The Bertz CT molecular complexity index is 780. The third-order valence-corrected chi connectivity index (χ3v) is 5.18. The van der Waals surface area contributed by atoms with Gasteiger partial charge in [-0.1, -0.05) is 0 Å². The molecule has 1 aromatic rings. The zero-order valence-electron chi connectivity index (χ0n) is 15.3. The number of likely N-dealkylation sites (N-methyl/N-ethyl adjacent to an activating group) is 1. The highest BCUT2D eigenvalue weighted by Crippen LogP contribution is 2.35.